The van der Waals surface area contributed by atoms with Gasteiger partial charge < -0.3 is 20.5 Å². The van der Waals surface area contributed by atoms with Crippen LogP contribution in [0.15, 0.2) is 11.1 Å². The van der Waals surface area contributed by atoms with Crippen LogP contribution in [0.3, 0.4) is 0 Å². The number of anilines is 1. The molecule has 4 rings (SSSR count). The minimum atomic E-state index is -4.26. The van der Waals surface area contributed by atoms with Crippen molar-refractivity contribution in [2.75, 3.05) is 12.3 Å². The van der Waals surface area contributed by atoms with Crippen molar-refractivity contribution in [2.24, 2.45) is 0 Å². The SMILES string of the molecule is Nc1nc2c(ncn2[C@@H]2O[C@H](C[O-])[C@H]3OP(=O)(O)O[C@H]32)c(=O)[nH]1.[Na+]. The predicted molar refractivity (Wildman–Crippen MR) is 70.9 cm³/mol. The third kappa shape index (κ3) is 2.73. The Morgan fingerprint density at radius 2 is 2.17 bits per heavy atom. The van der Waals surface area contributed by atoms with Gasteiger partial charge in [0.25, 0.3) is 5.56 Å². The largest absolute Gasteiger partial charge is 1.00 e. The molecule has 12 nitrogen and oxygen atoms in total. The Hall–Kier alpha value is -0.820. The van der Waals surface area contributed by atoms with Gasteiger partial charge in [-0.25, -0.2) is 9.55 Å². The molecule has 2 aromatic rings. The maximum atomic E-state index is 11.8. The van der Waals surface area contributed by atoms with Crippen LogP contribution in [0, 0.1) is 0 Å². The minimum absolute atomic E-state index is 0. The number of hydrogen-bond donors (Lipinski definition) is 3. The zero-order chi connectivity index (χ0) is 16.4. The van der Waals surface area contributed by atoms with Gasteiger partial charge in [-0.05, 0) is 0 Å². The second-order valence-electron chi connectivity index (χ2n) is 5.12. The van der Waals surface area contributed by atoms with Gasteiger partial charge in [-0.3, -0.25) is 23.4 Å². The third-order valence-electron chi connectivity index (χ3n) is 3.68. The molecule has 0 saturated carbocycles. The number of nitrogens with two attached hydrogens (primary N) is 1. The number of phosphoric acid groups is 1. The molecular formula is C10H11N5NaO7P. The van der Waals surface area contributed by atoms with Crippen molar-refractivity contribution < 1.29 is 57.9 Å². The molecule has 5 atom stereocenters. The van der Waals surface area contributed by atoms with E-state index in [-0.39, 0.29) is 46.7 Å². The molecule has 24 heavy (non-hydrogen) atoms. The second kappa shape index (κ2) is 6.16. The average Bonchev–Trinajstić information content (AvgIpc) is 3.09. The van der Waals surface area contributed by atoms with Gasteiger partial charge in [0.2, 0.25) is 5.95 Å². The molecule has 0 aromatic carbocycles. The first-order chi connectivity index (χ1) is 10.9. The van der Waals surface area contributed by atoms with Gasteiger partial charge in [-0.2, -0.15) is 4.98 Å². The molecule has 2 saturated heterocycles. The number of aromatic nitrogens is 4. The molecule has 14 heteroatoms. The number of fused-ring (bicyclic) bond motifs is 2. The first-order valence-electron chi connectivity index (χ1n) is 6.55. The molecule has 2 aromatic heterocycles. The van der Waals surface area contributed by atoms with E-state index in [1.54, 1.807) is 0 Å². The molecule has 0 radical (unpaired) electrons. The van der Waals surface area contributed by atoms with E-state index in [9.17, 15) is 19.4 Å². The summed E-state index contributed by atoms with van der Waals surface area (Å²) in [6.45, 7) is -0.691. The predicted octanol–water partition coefficient (Wildman–Crippen LogP) is -5.15. The molecule has 2 fully saturated rings. The van der Waals surface area contributed by atoms with E-state index in [4.69, 9.17) is 19.5 Å². The van der Waals surface area contributed by atoms with Crippen molar-refractivity contribution in [1.82, 2.24) is 19.5 Å². The smallest absolute Gasteiger partial charge is 0.853 e. The van der Waals surface area contributed by atoms with Crippen LogP contribution in [0.1, 0.15) is 6.23 Å². The van der Waals surface area contributed by atoms with Crippen molar-refractivity contribution in [1.29, 1.82) is 0 Å². The van der Waals surface area contributed by atoms with Crippen LogP contribution in [-0.2, 0) is 18.3 Å². The number of rotatable bonds is 2. The van der Waals surface area contributed by atoms with Crippen molar-refractivity contribution in [3.05, 3.63) is 16.7 Å². The molecular weight excluding hydrogens is 356 g/mol. The average molecular weight is 367 g/mol. The first-order valence-corrected chi connectivity index (χ1v) is 8.04. The fourth-order valence-electron chi connectivity index (χ4n) is 2.77. The zero-order valence-electron chi connectivity index (χ0n) is 12.4. The summed E-state index contributed by atoms with van der Waals surface area (Å²) in [6, 6.07) is 0. The van der Waals surface area contributed by atoms with Gasteiger partial charge in [0.15, 0.2) is 17.4 Å². The summed E-state index contributed by atoms with van der Waals surface area (Å²) in [5, 5.41) is 11.2. The van der Waals surface area contributed by atoms with E-state index >= 15 is 0 Å². The first kappa shape index (κ1) is 18.0. The van der Waals surface area contributed by atoms with E-state index in [0.29, 0.717) is 0 Å². The number of hydrogen-bond acceptors (Lipinski definition) is 9. The maximum Gasteiger partial charge on any atom is 1.00 e. The zero-order valence-corrected chi connectivity index (χ0v) is 15.3. The topological polar surface area (TPSA) is 178 Å². The molecule has 0 bridgehead atoms. The van der Waals surface area contributed by atoms with Gasteiger partial charge in [0, 0.05) is 0 Å². The van der Waals surface area contributed by atoms with E-state index in [2.05, 4.69) is 15.0 Å². The number of imidazole rings is 1. The van der Waals surface area contributed by atoms with E-state index in [1.165, 1.54) is 10.9 Å². The van der Waals surface area contributed by atoms with Gasteiger partial charge in [0.1, 0.15) is 12.2 Å². The van der Waals surface area contributed by atoms with Gasteiger partial charge in [-0.15, -0.1) is 6.61 Å². The van der Waals surface area contributed by atoms with Crippen LogP contribution in [-0.4, -0.2) is 49.3 Å². The molecule has 124 valence electrons. The van der Waals surface area contributed by atoms with Gasteiger partial charge in [-0.1, -0.05) is 0 Å². The van der Waals surface area contributed by atoms with E-state index in [1.807, 2.05) is 0 Å². The molecule has 4 heterocycles. The summed E-state index contributed by atoms with van der Waals surface area (Å²) in [5.74, 6) is -0.129. The fraction of sp³-hybridized carbons (Fsp3) is 0.500. The number of ether oxygens (including phenoxy) is 1. The third-order valence-corrected chi connectivity index (χ3v) is 4.70. The van der Waals surface area contributed by atoms with Crippen molar-refractivity contribution in [3.63, 3.8) is 0 Å². The molecule has 1 unspecified atom stereocenters. The Kier molecular flexibility index (Phi) is 4.62. The number of phosphoric ester groups is 1. The van der Waals surface area contributed by atoms with Crippen molar-refractivity contribution >= 4 is 24.9 Å². The summed E-state index contributed by atoms with van der Waals surface area (Å²) >= 11 is 0. The quantitative estimate of drug-likeness (QED) is 0.343. The summed E-state index contributed by atoms with van der Waals surface area (Å²) in [4.78, 5) is 31.5. The number of aromatic amines is 1. The van der Waals surface area contributed by atoms with Gasteiger partial charge in [0.05, 0.1) is 12.4 Å². The number of nitrogen functional groups attached to an aromatic ring is 1. The van der Waals surface area contributed by atoms with Gasteiger partial charge >= 0.3 is 37.4 Å². The molecule has 2 aliphatic rings. The maximum absolute atomic E-state index is 11.8. The Bertz CT molecular complexity index is 886. The van der Waals surface area contributed by atoms with Crippen LogP contribution >= 0.6 is 7.82 Å². The monoisotopic (exact) mass is 367 g/mol. The normalized spacial score (nSPS) is 35.1. The Labute approximate surface area is 155 Å². The van der Waals surface area contributed by atoms with Crippen molar-refractivity contribution in [2.45, 2.75) is 24.5 Å². The molecule has 2 aliphatic heterocycles. The van der Waals surface area contributed by atoms with E-state index in [0.717, 1.165) is 0 Å². The Morgan fingerprint density at radius 3 is 2.88 bits per heavy atom. The minimum Gasteiger partial charge on any atom is -0.853 e. The molecule has 0 aliphatic carbocycles. The summed E-state index contributed by atoms with van der Waals surface area (Å²) < 4.78 is 28.3. The Morgan fingerprint density at radius 1 is 1.46 bits per heavy atom. The molecule has 0 amide bonds. The summed E-state index contributed by atoms with van der Waals surface area (Å²) in [6.07, 6.45) is -2.73. The summed E-state index contributed by atoms with van der Waals surface area (Å²) in [5.41, 5.74) is 5.08. The number of nitrogens with zero attached hydrogens (tertiary/aromatic N) is 3. The van der Waals surface area contributed by atoms with Crippen LogP contribution in [0.5, 0.6) is 0 Å². The number of nitrogens with one attached hydrogen (secondary N) is 1. The van der Waals surface area contributed by atoms with Crippen LogP contribution < -0.4 is 46.0 Å². The fourth-order valence-corrected chi connectivity index (χ4v) is 3.91. The number of H-pyrrole nitrogens is 1. The standard InChI is InChI=1S/C10H11N5O7P.Na/c11-10-13-7-4(8(17)14-10)12-2-15(7)9-6-5(3(1-16)20-9)21-23(18,19)22-6;/h2-3,5-6,9H,1H2,(H,18,19)(H3,11,13,14,17);/q-1;+1/t3-,5-,6-,9-;/m1./s1. The van der Waals surface area contributed by atoms with Crippen LogP contribution in [0.25, 0.3) is 11.2 Å². The summed E-state index contributed by atoms with van der Waals surface area (Å²) in [7, 11) is -4.26. The molecule has 0 spiro atoms. The Balaban J connectivity index is 0.00000169. The van der Waals surface area contributed by atoms with Crippen molar-refractivity contribution in [3.8, 4) is 0 Å². The van der Waals surface area contributed by atoms with Crippen LogP contribution in [0.2, 0.25) is 0 Å². The van der Waals surface area contributed by atoms with Crippen LogP contribution in [0.4, 0.5) is 5.95 Å². The molecule has 4 N–H and O–H groups in total. The van der Waals surface area contributed by atoms with E-state index < -0.39 is 44.5 Å². The second-order valence-corrected chi connectivity index (χ2v) is 6.47.